The number of thioether (sulfide) groups is 1. The maximum Gasteiger partial charge on any atom is 0.236 e. The van der Waals surface area contributed by atoms with Gasteiger partial charge in [0.05, 0.1) is 11.4 Å². The molecule has 0 saturated heterocycles. The van der Waals surface area contributed by atoms with E-state index in [0.29, 0.717) is 10.3 Å². The first-order chi connectivity index (χ1) is 12.0. The highest BCUT2D eigenvalue weighted by atomic mass is 32.2. The van der Waals surface area contributed by atoms with Crippen LogP contribution >= 0.6 is 23.1 Å². The molecule has 130 valence electrons. The van der Waals surface area contributed by atoms with Gasteiger partial charge in [-0.2, -0.15) is 4.68 Å². The molecule has 2 aromatic heterocycles. The Bertz CT molecular complexity index is 857. The van der Waals surface area contributed by atoms with Crippen LogP contribution in [0.5, 0.6) is 0 Å². The molecule has 0 bridgehead atoms. The Balaban J connectivity index is 1.61. The van der Waals surface area contributed by atoms with E-state index < -0.39 is 0 Å². The standard InChI is InChI=1S/C15H17N7OS2/c1-9(2)13-17-18-14(25-13)16-12(23)8-24-15-19-20-21-22(15)11-6-4-10(3)5-7-11/h4-7,9H,8H2,1-3H3,(H,16,18,23). The average molecular weight is 375 g/mol. The van der Waals surface area contributed by atoms with Gasteiger partial charge in [-0.3, -0.25) is 10.1 Å². The Kier molecular flexibility index (Phi) is 5.39. The quantitative estimate of drug-likeness (QED) is 0.661. The number of tetrazole rings is 1. The van der Waals surface area contributed by atoms with Crippen molar-refractivity contribution in [2.75, 3.05) is 11.1 Å². The maximum absolute atomic E-state index is 12.1. The minimum atomic E-state index is -0.171. The summed E-state index contributed by atoms with van der Waals surface area (Å²) in [6.45, 7) is 6.08. The summed E-state index contributed by atoms with van der Waals surface area (Å²) in [4.78, 5) is 12.1. The number of hydrogen-bond acceptors (Lipinski definition) is 8. The van der Waals surface area contributed by atoms with E-state index in [4.69, 9.17) is 0 Å². The van der Waals surface area contributed by atoms with Crippen LogP contribution in [0.3, 0.4) is 0 Å². The number of amides is 1. The first-order valence-corrected chi connectivity index (χ1v) is 9.44. The molecule has 0 radical (unpaired) electrons. The zero-order chi connectivity index (χ0) is 17.8. The van der Waals surface area contributed by atoms with Gasteiger partial charge in [-0.25, -0.2) is 0 Å². The smallest absolute Gasteiger partial charge is 0.236 e. The third-order valence-corrected chi connectivity index (χ3v) is 5.29. The molecule has 1 amide bonds. The number of anilines is 1. The molecule has 0 saturated carbocycles. The number of aryl methyl sites for hydroxylation is 1. The Labute approximate surface area is 153 Å². The Morgan fingerprint density at radius 1 is 1.24 bits per heavy atom. The maximum atomic E-state index is 12.1. The fourth-order valence-electron chi connectivity index (χ4n) is 1.92. The molecule has 10 heteroatoms. The second-order valence-electron chi connectivity index (χ2n) is 5.65. The zero-order valence-electron chi connectivity index (χ0n) is 14.0. The average Bonchev–Trinajstić information content (AvgIpc) is 3.23. The van der Waals surface area contributed by atoms with Gasteiger partial charge in [0.2, 0.25) is 16.2 Å². The van der Waals surface area contributed by atoms with E-state index in [1.807, 2.05) is 45.0 Å². The van der Waals surface area contributed by atoms with E-state index in [-0.39, 0.29) is 17.6 Å². The molecule has 3 rings (SSSR count). The molecule has 0 spiro atoms. The van der Waals surface area contributed by atoms with Crippen molar-refractivity contribution in [1.82, 2.24) is 30.4 Å². The van der Waals surface area contributed by atoms with Gasteiger partial charge in [0.1, 0.15) is 5.01 Å². The molecule has 1 aromatic carbocycles. The van der Waals surface area contributed by atoms with Gasteiger partial charge >= 0.3 is 0 Å². The van der Waals surface area contributed by atoms with Crippen LogP contribution in [0.2, 0.25) is 0 Å². The van der Waals surface area contributed by atoms with Crippen LogP contribution < -0.4 is 5.32 Å². The first-order valence-electron chi connectivity index (χ1n) is 7.64. The van der Waals surface area contributed by atoms with Gasteiger partial charge in [0.15, 0.2) is 0 Å². The van der Waals surface area contributed by atoms with Gasteiger partial charge in [0.25, 0.3) is 0 Å². The summed E-state index contributed by atoms with van der Waals surface area (Å²) in [5.41, 5.74) is 2.01. The fraction of sp³-hybridized carbons (Fsp3) is 0.333. The van der Waals surface area contributed by atoms with Gasteiger partial charge in [-0.1, -0.05) is 54.6 Å². The predicted octanol–water partition coefficient (Wildman–Crippen LogP) is 2.68. The fourth-order valence-corrected chi connectivity index (χ4v) is 3.37. The third-order valence-electron chi connectivity index (χ3n) is 3.23. The Morgan fingerprint density at radius 3 is 2.68 bits per heavy atom. The number of carbonyl (C=O) groups excluding carboxylic acids is 1. The third kappa shape index (κ3) is 4.40. The molecular weight excluding hydrogens is 358 g/mol. The Hall–Kier alpha value is -2.33. The molecule has 0 aliphatic rings. The number of hydrogen-bond donors (Lipinski definition) is 1. The molecule has 0 unspecified atom stereocenters. The number of carbonyl (C=O) groups is 1. The van der Waals surface area contributed by atoms with Crippen molar-refractivity contribution < 1.29 is 4.79 Å². The lowest BCUT2D eigenvalue weighted by Gasteiger charge is -2.04. The second-order valence-corrected chi connectivity index (χ2v) is 7.60. The minimum Gasteiger partial charge on any atom is -0.300 e. The molecule has 8 nitrogen and oxygen atoms in total. The van der Waals surface area contributed by atoms with Crippen molar-refractivity contribution in [3.05, 3.63) is 34.8 Å². The highest BCUT2D eigenvalue weighted by molar-refractivity contribution is 7.99. The van der Waals surface area contributed by atoms with Gasteiger partial charge in [0, 0.05) is 5.92 Å². The van der Waals surface area contributed by atoms with Crippen LogP contribution in [0.4, 0.5) is 5.13 Å². The molecule has 0 atom stereocenters. The van der Waals surface area contributed by atoms with Gasteiger partial charge in [-0.15, -0.1) is 15.3 Å². The van der Waals surface area contributed by atoms with Crippen LogP contribution in [-0.2, 0) is 4.79 Å². The van der Waals surface area contributed by atoms with E-state index >= 15 is 0 Å². The van der Waals surface area contributed by atoms with Crippen molar-refractivity contribution in [3.63, 3.8) is 0 Å². The Morgan fingerprint density at radius 2 is 2.00 bits per heavy atom. The number of nitrogens with zero attached hydrogens (tertiary/aromatic N) is 6. The predicted molar refractivity (Wildman–Crippen MR) is 97.2 cm³/mol. The molecule has 0 aliphatic carbocycles. The van der Waals surface area contributed by atoms with Gasteiger partial charge in [-0.05, 0) is 29.5 Å². The SMILES string of the molecule is Cc1ccc(-n2nnnc2SCC(=O)Nc2nnc(C(C)C)s2)cc1. The molecule has 0 aliphatic heterocycles. The number of rotatable bonds is 6. The molecule has 1 N–H and O–H groups in total. The lowest BCUT2D eigenvalue weighted by molar-refractivity contribution is -0.113. The molecule has 0 fully saturated rings. The van der Waals surface area contributed by atoms with Crippen LogP contribution in [0, 0.1) is 6.92 Å². The van der Waals surface area contributed by atoms with Crippen molar-refractivity contribution in [3.8, 4) is 5.69 Å². The summed E-state index contributed by atoms with van der Waals surface area (Å²) < 4.78 is 1.61. The minimum absolute atomic E-state index is 0.171. The van der Waals surface area contributed by atoms with Gasteiger partial charge < -0.3 is 0 Å². The lowest BCUT2D eigenvalue weighted by Crippen LogP contribution is -2.14. The van der Waals surface area contributed by atoms with E-state index in [1.54, 1.807) is 4.68 Å². The summed E-state index contributed by atoms with van der Waals surface area (Å²) in [5.74, 6) is 0.301. The summed E-state index contributed by atoms with van der Waals surface area (Å²) in [5, 5.41) is 24.4. The largest absolute Gasteiger partial charge is 0.300 e. The molecule has 25 heavy (non-hydrogen) atoms. The topological polar surface area (TPSA) is 98.5 Å². The highest BCUT2D eigenvalue weighted by Gasteiger charge is 2.14. The number of benzene rings is 1. The molecular formula is C15H17N7OS2. The van der Waals surface area contributed by atoms with Crippen molar-refractivity contribution in [2.24, 2.45) is 0 Å². The summed E-state index contributed by atoms with van der Waals surface area (Å²) in [6.07, 6.45) is 0. The lowest BCUT2D eigenvalue weighted by atomic mass is 10.2. The van der Waals surface area contributed by atoms with E-state index in [2.05, 4.69) is 31.0 Å². The summed E-state index contributed by atoms with van der Waals surface area (Å²) in [6, 6.07) is 7.84. The number of nitrogens with one attached hydrogen (secondary N) is 1. The van der Waals surface area contributed by atoms with Crippen molar-refractivity contribution in [1.29, 1.82) is 0 Å². The van der Waals surface area contributed by atoms with Crippen LogP contribution in [-0.4, -0.2) is 42.1 Å². The van der Waals surface area contributed by atoms with E-state index in [0.717, 1.165) is 16.3 Å². The van der Waals surface area contributed by atoms with E-state index in [9.17, 15) is 4.79 Å². The van der Waals surface area contributed by atoms with Crippen LogP contribution in [0.25, 0.3) is 5.69 Å². The molecule has 2 heterocycles. The van der Waals surface area contributed by atoms with Crippen LogP contribution in [0.15, 0.2) is 29.4 Å². The monoisotopic (exact) mass is 375 g/mol. The summed E-state index contributed by atoms with van der Waals surface area (Å²) in [7, 11) is 0. The number of aromatic nitrogens is 6. The first kappa shape index (κ1) is 17.5. The second kappa shape index (κ2) is 7.70. The van der Waals surface area contributed by atoms with Crippen LogP contribution in [0.1, 0.15) is 30.3 Å². The van der Waals surface area contributed by atoms with Crippen molar-refractivity contribution in [2.45, 2.75) is 31.8 Å². The summed E-state index contributed by atoms with van der Waals surface area (Å²) >= 11 is 2.65. The van der Waals surface area contributed by atoms with Crippen molar-refractivity contribution >= 4 is 34.1 Å². The van der Waals surface area contributed by atoms with E-state index in [1.165, 1.54) is 23.1 Å². The highest BCUT2D eigenvalue weighted by Crippen LogP contribution is 2.23. The zero-order valence-corrected chi connectivity index (χ0v) is 15.6. The molecule has 3 aromatic rings. The normalized spacial score (nSPS) is 11.0.